The molecular weight excluding hydrogens is 296 g/mol. The first-order valence-electron chi connectivity index (χ1n) is 6.62. The number of carboxylic acid groups (broad SMARTS) is 1. The van der Waals surface area contributed by atoms with E-state index < -0.39 is 5.97 Å². The molecule has 1 heterocycles. The lowest BCUT2D eigenvalue weighted by atomic mass is 10.2. The molecule has 0 radical (unpaired) electrons. The molecule has 0 spiro atoms. The number of rotatable bonds is 4. The third-order valence-corrected chi connectivity index (χ3v) is 3.51. The van der Waals surface area contributed by atoms with Crippen LogP contribution in [0.2, 0.25) is 5.02 Å². The number of benzene rings is 1. The van der Waals surface area contributed by atoms with Gasteiger partial charge in [0, 0.05) is 13.1 Å². The van der Waals surface area contributed by atoms with Gasteiger partial charge in [0.05, 0.1) is 35.5 Å². The van der Waals surface area contributed by atoms with E-state index in [2.05, 4.69) is 5.32 Å². The van der Waals surface area contributed by atoms with Crippen LogP contribution in [0.15, 0.2) is 18.2 Å². The number of anilines is 1. The van der Waals surface area contributed by atoms with Crippen molar-refractivity contribution < 1.29 is 19.4 Å². The van der Waals surface area contributed by atoms with Gasteiger partial charge in [0.15, 0.2) is 0 Å². The molecule has 2 rings (SSSR count). The van der Waals surface area contributed by atoms with Gasteiger partial charge in [-0.05, 0) is 25.1 Å². The fourth-order valence-corrected chi connectivity index (χ4v) is 2.35. The fourth-order valence-electron chi connectivity index (χ4n) is 2.18. The van der Waals surface area contributed by atoms with Crippen molar-refractivity contribution >= 4 is 29.2 Å². The van der Waals surface area contributed by atoms with E-state index in [0.29, 0.717) is 30.4 Å². The minimum Gasteiger partial charge on any atom is -0.478 e. The summed E-state index contributed by atoms with van der Waals surface area (Å²) in [6.07, 6.45) is 0.102. The molecule has 0 saturated carbocycles. The maximum atomic E-state index is 12.0. The zero-order valence-electron chi connectivity index (χ0n) is 11.6. The Balaban J connectivity index is 1.99. The second kappa shape index (κ2) is 6.89. The maximum absolute atomic E-state index is 12.0. The molecule has 1 amide bonds. The van der Waals surface area contributed by atoms with Gasteiger partial charge in [-0.2, -0.15) is 0 Å². The highest BCUT2D eigenvalue weighted by atomic mass is 35.5. The SMILES string of the molecule is CC1CN(CC(=O)Nc2cc(C(=O)O)ccc2Cl)CCO1. The number of hydrogen-bond acceptors (Lipinski definition) is 4. The first-order chi connectivity index (χ1) is 9.95. The molecule has 1 aromatic rings. The summed E-state index contributed by atoms with van der Waals surface area (Å²) in [6.45, 7) is 4.17. The van der Waals surface area contributed by atoms with Gasteiger partial charge in [-0.15, -0.1) is 0 Å². The van der Waals surface area contributed by atoms with Crippen molar-refractivity contribution in [2.45, 2.75) is 13.0 Å². The molecule has 0 bridgehead atoms. The maximum Gasteiger partial charge on any atom is 0.335 e. The van der Waals surface area contributed by atoms with Crippen LogP contribution in [0.5, 0.6) is 0 Å². The minimum absolute atomic E-state index is 0.0784. The van der Waals surface area contributed by atoms with Crippen LogP contribution in [-0.4, -0.2) is 54.2 Å². The number of aromatic carboxylic acids is 1. The molecule has 114 valence electrons. The average molecular weight is 313 g/mol. The van der Waals surface area contributed by atoms with Crippen LogP contribution < -0.4 is 5.32 Å². The normalized spacial score (nSPS) is 19.2. The van der Waals surface area contributed by atoms with Crippen molar-refractivity contribution in [2.24, 2.45) is 0 Å². The Labute approximate surface area is 127 Å². The Morgan fingerprint density at radius 3 is 2.95 bits per heavy atom. The summed E-state index contributed by atoms with van der Waals surface area (Å²) in [6, 6.07) is 4.20. The number of hydrogen-bond donors (Lipinski definition) is 2. The summed E-state index contributed by atoms with van der Waals surface area (Å²) in [5, 5.41) is 11.9. The molecule has 6 nitrogen and oxygen atoms in total. The second-order valence-electron chi connectivity index (χ2n) is 4.96. The molecule has 7 heteroatoms. The Hall–Kier alpha value is -1.63. The van der Waals surface area contributed by atoms with E-state index in [9.17, 15) is 9.59 Å². The fraction of sp³-hybridized carbons (Fsp3) is 0.429. The molecule has 0 aromatic heterocycles. The highest BCUT2D eigenvalue weighted by molar-refractivity contribution is 6.33. The molecule has 1 saturated heterocycles. The lowest BCUT2D eigenvalue weighted by Gasteiger charge is -2.30. The van der Waals surface area contributed by atoms with E-state index >= 15 is 0 Å². The Kier molecular flexibility index (Phi) is 5.17. The largest absolute Gasteiger partial charge is 0.478 e. The molecule has 1 fully saturated rings. The molecule has 0 aliphatic carbocycles. The number of halogens is 1. The molecule has 1 aliphatic heterocycles. The minimum atomic E-state index is -1.07. The molecule has 1 aliphatic rings. The number of nitrogens with zero attached hydrogens (tertiary/aromatic N) is 1. The summed E-state index contributed by atoms with van der Waals surface area (Å²) in [4.78, 5) is 24.9. The smallest absolute Gasteiger partial charge is 0.335 e. The van der Waals surface area contributed by atoms with Crippen LogP contribution in [-0.2, 0) is 9.53 Å². The number of carbonyl (C=O) groups is 2. The van der Waals surface area contributed by atoms with E-state index in [0.717, 1.165) is 0 Å². The quantitative estimate of drug-likeness (QED) is 0.884. The van der Waals surface area contributed by atoms with Crippen LogP contribution in [0.25, 0.3) is 0 Å². The van der Waals surface area contributed by atoms with Crippen molar-refractivity contribution in [3.05, 3.63) is 28.8 Å². The van der Waals surface area contributed by atoms with Crippen LogP contribution in [0.3, 0.4) is 0 Å². The standard InChI is InChI=1S/C14H17ClN2O4/c1-9-7-17(4-5-21-9)8-13(18)16-12-6-10(14(19)20)2-3-11(12)15/h2-3,6,9H,4-5,7-8H2,1H3,(H,16,18)(H,19,20). The van der Waals surface area contributed by atoms with Crippen molar-refractivity contribution in [1.29, 1.82) is 0 Å². The lowest BCUT2D eigenvalue weighted by molar-refractivity contribution is -0.119. The lowest BCUT2D eigenvalue weighted by Crippen LogP contribution is -2.44. The monoisotopic (exact) mass is 312 g/mol. The number of ether oxygens (including phenoxy) is 1. The zero-order valence-corrected chi connectivity index (χ0v) is 12.4. The first kappa shape index (κ1) is 15.8. The van der Waals surface area contributed by atoms with Crippen molar-refractivity contribution in [2.75, 3.05) is 31.6 Å². The first-order valence-corrected chi connectivity index (χ1v) is 7.00. The highest BCUT2D eigenvalue weighted by Crippen LogP contribution is 2.23. The van der Waals surface area contributed by atoms with Crippen LogP contribution in [0.1, 0.15) is 17.3 Å². The van der Waals surface area contributed by atoms with E-state index in [4.69, 9.17) is 21.4 Å². The number of nitrogens with one attached hydrogen (secondary N) is 1. The highest BCUT2D eigenvalue weighted by Gasteiger charge is 2.19. The Bertz CT molecular complexity index is 550. The predicted molar refractivity (Wildman–Crippen MR) is 78.9 cm³/mol. The van der Waals surface area contributed by atoms with Crippen molar-refractivity contribution in [3.8, 4) is 0 Å². The van der Waals surface area contributed by atoms with Crippen molar-refractivity contribution in [3.63, 3.8) is 0 Å². The van der Waals surface area contributed by atoms with Gasteiger partial charge in [-0.1, -0.05) is 11.6 Å². The number of amides is 1. The Morgan fingerprint density at radius 2 is 2.29 bits per heavy atom. The summed E-state index contributed by atoms with van der Waals surface area (Å²) in [5.74, 6) is -1.29. The van der Waals surface area contributed by atoms with Crippen LogP contribution >= 0.6 is 11.6 Å². The van der Waals surface area contributed by atoms with Gasteiger partial charge >= 0.3 is 5.97 Å². The third kappa shape index (κ3) is 4.42. The Morgan fingerprint density at radius 1 is 1.52 bits per heavy atom. The summed E-state index contributed by atoms with van der Waals surface area (Å²) < 4.78 is 5.41. The van der Waals surface area contributed by atoms with Gasteiger partial charge in [0.1, 0.15) is 0 Å². The third-order valence-electron chi connectivity index (χ3n) is 3.18. The van der Waals surface area contributed by atoms with Gasteiger partial charge in [0.2, 0.25) is 5.91 Å². The van der Waals surface area contributed by atoms with Gasteiger partial charge in [0.25, 0.3) is 0 Å². The molecule has 1 unspecified atom stereocenters. The van der Waals surface area contributed by atoms with Crippen molar-refractivity contribution in [1.82, 2.24) is 4.90 Å². The second-order valence-corrected chi connectivity index (χ2v) is 5.37. The zero-order chi connectivity index (χ0) is 15.4. The van der Waals surface area contributed by atoms with E-state index in [1.165, 1.54) is 18.2 Å². The average Bonchev–Trinajstić information content (AvgIpc) is 2.41. The summed E-state index contributed by atoms with van der Waals surface area (Å²) in [7, 11) is 0. The number of morpholine rings is 1. The summed E-state index contributed by atoms with van der Waals surface area (Å²) in [5.41, 5.74) is 0.387. The van der Waals surface area contributed by atoms with Gasteiger partial charge in [-0.3, -0.25) is 9.69 Å². The number of carbonyl (C=O) groups excluding carboxylic acids is 1. The van der Waals surface area contributed by atoms with Gasteiger partial charge in [-0.25, -0.2) is 4.79 Å². The van der Waals surface area contributed by atoms with Crippen LogP contribution in [0.4, 0.5) is 5.69 Å². The van der Waals surface area contributed by atoms with Crippen LogP contribution in [0, 0.1) is 0 Å². The molecule has 21 heavy (non-hydrogen) atoms. The molecular formula is C14H17ClN2O4. The molecule has 2 N–H and O–H groups in total. The topological polar surface area (TPSA) is 78.9 Å². The van der Waals surface area contributed by atoms with E-state index in [1.807, 2.05) is 11.8 Å². The van der Waals surface area contributed by atoms with Gasteiger partial charge < -0.3 is 15.2 Å². The number of carboxylic acids is 1. The summed E-state index contributed by atoms with van der Waals surface area (Å²) >= 11 is 5.97. The predicted octanol–water partition coefficient (Wildman–Crippen LogP) is 1.70. The van der Waals surface area contributed by atoms with E-state index in [1.54, 1.807) is 0 Å². The molecule has 1 atom stereocenters. The van der Waals surface area contributed by atoms with E-state index in [-0.39, 0.29) is 24.1 Å². The molecule has 1 aromatic carbocycles.